The van der Waals surface area contributed by atoms with E-state index in [4.69, 9.17) is 9.47 Å². The molecule has 0 saturated heterocycles. The zero-order chi connectivity index (χ0) is 16.3. The van der Waals surface area contributed by atoms with Crippen LogP contribution >= 0.6 is 15.9 Å². The van der Waals surface area contributed by atoms with Crippen LogP contribution in [0.15, 0.2) is 22.7 Å². The van der Waals surface area contributed by atoms with Crippen LogP contribution in [0.25, 0.3) is 10.9 Å². The van der Waals surface area contributed by atoms with Gasteiger partial charge in [0.2, 0.25) is 0 Å². The van der Waals surface area contributed by atoms with Gasteiger partial charge >= 0.3 is 11.9 Å². The summed E-state index contributed by atoms with van der Waals surface area (Å²) in [5.41, 5.74) is 1.42. The number of esters is 2. The number of rotatable bonds is 4. The Kier molecular flexibility index (Phi) is 5.13. The summed E-state index contributed by atoms with van der Waals surface area (Å²) in [6, 6.07) is 5.36. The van der Waals surface area contributed by atoms with Crippen LogP contribution < -0.4 is 0 Å². The lowest BCUT2D eigenvalue weighted by molar-refractivity contribution is 0.0479. The van der Waals surface area contributed by atoms with E-state index in [1.54, 1.807) is 32.9 Å². The average molecular weight is 366 g/mol. The summed E-state index contributed by atoms with van der Waals surface area (Å²) in [6.45, 7) is 5.54. The first-order valence-corrected chi connectivity index (χ1v) is 7.73. The summed E-state index contributed by atoms with van der Waals surface area (Å²) in [5.74, 6) is -1.13. The summed E-state index contributed by atoms with van der Waals surface area (Å²) >= 11 is 3.37. The first kappa shape index (κ1) is 16.4. The zero-order valence-electron chi connectivity index (χ0n) is 12.6. The fourth-order valence-corrected chi connectivity index (χ4v) is 2.59. The van der Waals surface area contributed by atoms with Gasteiger partial charge in [-0.1, -0.05) is 15.9 Å². The average Bonchev–Trinajstić information content (AvgIpc) is 2.46. The van der Waals surface area contributed by atoms with Crippen molar-refractivity contribution in [2.24, 2.45) is 0 Å². The molecular weight excluding hydrogens is 350 g/mol. The minimum Gasteiger partial charge on any atom is -0.462 e. The summed E-state index contributed by atoms with van der Waals surface area (Å²) in [6.07, 6.45) is 0. The number of aromatic nitrogens is 1. The normalized spacial score (nSPS) is 10.5. The molecule has 0 aliphatic rings. The number of benzene rings is 1. The number of carbonyl (C=O) groups is 2. The van der Waals surface area contributed by atoms with Gasteiger partial charge in [0.05, 0.1) is 35.6 Å². The summed E-state index contributed by atoms with van der Waals surface area (Å²) in [5, 5.41) is 0.557. The van der Waals surface area contributed by atoms with Crippen molar-refractivity contribution in [2.75, 3.05) is 13.2 Å². The molecule has 0 aliphatic carbocycles. The first-order valence-electron chi connectivity index (χ1n) is 6.93. The van der Waals surface area contributed by atoms with Gasteiger partial charge in [-0.15, -0.1) is 0 Å². The molecular formula is C16H16BrNO4. The molecule has 1 heterocycles. The third-order valence-electron chi connectivity index (χ3n) is 3.09. The lowest BCUT2D eigenvalue weighted by Crippen LogP contribution is -2.17. The molecule has 2 rings (SSSR count). The fourth-order valence-electron chi connectivity index (χ4n) is 2.23. The van der Waals surface area contributed by atoms with Gasteiger partial charge in [0.1, 0.15) is 0 Å². The van der Waals surface area contributed by atoms with Gasteiger partial charge in [0.15, 0.2) is 0 Å². The number of aryl methyl sites for hydroxylation is 1. The SMILES string of the molecule is CCOC(=O)c1c(C)nc2ccc(Br)cc2c1C(=O)OCC. The Balaban J connectivity index is 2.80. The molecule has 0 aliphatic heterocycles. The Morgan fingerprint density at radius 3 is 2.27 bits per heavy atom. The number of ether oxygens (including phenoxy) is 2. The Morgan fingerprint density at radius 1 is 1.09 bits per heavy atom. The van der Waals surface area contributed by atoms with Crippen LogP contribution in [0.4, 0.5) is 0 Å². The van der Waals surface area contributed by atoms with Gasteiger partial charge in [-0.25, -0.2) is 9.59 Å². The molecule has 116 valence electrons. The number of fused-ring (bicyclic) bond motifs is 1. The fraction of sp³-hybridized carbons (Fsp3) is 0.312. The maximum Gasteiger partial charge on any atom is 0.340 e. The molecule has 1 aromatic heterocycles. The van der Waals surface area contributed by atoms with Crippen LogP contribution in [0, 0.1) is 6.92 Å². The number of hydrogen-bond donors (Lipinski definition) is 0. The van der Waals surface area contributed by atoms with Crippen molar-refractivity contribution in [2.45, 2.75) is 20.8 Å². The highest BCUT2D eigenvalue weighted by Crippen LogP contribution is 2.27. The molecule has 1 aromatic carbocycles. The Hall–Kier alpha value is -1.95. The van der Waals surface area contributed by atoms with E-state index in [0.717, 1.165) is 4.47 Å². The van der Waals surface area contributed by atoms with E-state index >= 15 is 0 Å². The lowest BCUT2D eigenvalue weighted by Gasteiger charge is -2.13. The van der Waals surface area contributed by atoms with Gasteiger partial charge in [0.25, 0.3) is 0 Å². The third kappa shape index (κ3) is 3.11. The molecule has 0 radical (unpaired) electrons. The molecule has 0 fully saturated rings. The quantitative estimate of drug-likeness (QED) is 0.773. The Bertz CT molecular complexity index is 742. The van der Waals surface area contributed by atoms with Crippen molar-refractivity contribution in [3.63, 3.8) is 0 Å². The minimum atomic E-state index is -0.572. The number of nitrogens with zero attached hydrogens (tertiary/aromatic N) is 1. The number of carbonyl (C=O) groups excluding carboxylic acids is 2. The predicted octanol–water partition coefficient (Wildman–Crippen LogP) is 3.66. The van der Waals surface area contributed by atoms with E-state index in [2.05, 4.69) is 20.9 Å². The van der Waals surface area contributed by atoms with Crippen molar-refractivity contribution in [1.82, 2.24) is 4.98 Å². The second-order valence-electron chi connectivity index (χ2n) is 4.55. The predicted molar refractivity (Wildman–Crippen MR) is 86.1 cm³/mol. The second-order valence-corrected chi connectivity index (χ2v) is 5.47. The Labute approximate surface area is 136 Å². The molecule has 0 N–H and O–H groups in total. The highest BCUT2D eigenvalue weighted by Gasteiger charge is 2.25. The van der Waals surface area contributed by atoms with Gasteiger partial charge in [-0.05, 0) is 39.0 Å². The van der Waals surface area contributed by atoms with E-state index in [0.29, 0.717) is 16.6 Å². The molecule has 0 atom stereocenters. The molecule has 22 heavy (non-hydrogen) atoms. The third-order valence-corrected chi connectivity index (χ3v) is 3.58. The van der Waals surface area contributed by atoms with Crippen LogP contribution in [0.2, 0.25) is 0 Å². The van der Waals surface area contributed by atoms with Gasteiger partial charge in [-0.2, -0.15) is 0 Å². The van der Waals surface area contributed by atoms with Gasteiger partial charge < -0.3 is 9.47 Å². The van der Waals surface area contributed by atoms with Crippen molar-refractivity contribution < 1.29 is 19.1 Å². The molecule has 6 heteroatoms. The van der Waals surface area contributed by atoms with Crippen LogP contribution in [0.1, 0.15) is 40.3 Å². The Morgan fingerprint density at radius 2 is 1.68 bits per heavy atom. The standard InChI is InChI=1S/C16H16BrNO4/c1-4-21-15(19)13-9(3)18-12-7-6-10(17)8-11(12)14(13)16(20)22-5-2/h6-8H,4-5H2,1-3H3. The number of halogens is 1. The molecule has 0 unspecified atom stereocenters. The highest BCUT2D eigenvalue weighted by molar-refractivity contribution is 9.10. The summed E-state index contributed by atoms with van der Waals surface area (Å²) in [7, 11) is 0. The van der Waals surface area contributed by atoms with Crippen molar-refractivity contribution >= 4 is 38.8 Å². The minimum absolute atomic E-state index is 0.158. The van der Waals surface area contributed by atoms with Gasteiger partial charge in [-0.3, -0.25) is 4.98 Å². The molecule has 0 bridgehead atoms. The van der Waals surface area contributed by atoms with Gasteiger partial charge in [0, 0.05) is 9.86 Å². The maximum atomic E-state index is 12.4. The number of pyridine rings is 1. The summed E-state index contributed by atoms with van der Waals surface area (Å²) < 4.78 is 11.0. The van der Waals surface area contributed by atoms with Crippen LogP contribution in [-0.2, 0) is 9.47 Å². The second kappa shape index (κ2) is 6.87. The van der Waals surface area contributed by atoms with Crippen LogP contribution in [0.3, 0.4) is 0 Å². The van der Waals surface area contributed by atoms with E-state index in [1.807, 2.05) is 6.07 Å². The largest absolute Gasteiger partial charge is 0.462 e. The van der Waals surface area contributed by atoms with E-state index in [-0.39, 0.29) is 24.3 Å². The van der Waals surface area contributed by atoms with Crippen molar-refractivity contribution in [3.05, 3.63) is 39.5 Å². The molecule has 0 spiro atoms. The van der Waals surface area contributed by atoms with Crippen molar-refractivity contribution in [3.8, 4) is 0 Å². The lowest BCUT2D eigenvalue weighted by atomic mass is 10.0. The van der Waals surface area contributed by atoms with E-state index in [9.17, 15) is 9.59 Å². The molecule has 0 saturated carbocycles. The number of hydrogen-bond acceptors (Lipinski definition) is 5. The topological polar surface area (TPSA) is 65.5 Å². The summed E-state index contributed by atoms with van der Waals surface area (Å²) in [4.78, 5) is 29.0. The first-order chi connectivity index (χ1) is 10.5. The van der Waals surface area contributed by atoms with E-state index in [1.165, 1.54) is 0 Å². The van der Waals surface area contributed by atoms with Crippen LogP contribution in [-0.4, -0.2) is 30.1 Å². The monoisotopic (exact) mass is 365 g/mol. The van der Waals surface area contributed by atoms with E-state index < -0.39 is 11.9 Å². The smallest absolute Gasteiger partial charge is 0.340 e. The molecule has 0 amide bonds. The molecule has 2 aromatic rings. The molecule has 5 nitrogen and oxygen atoms in total. The van der Waals surface area contributed by atoms with Crippen LogP contribution in [0.5, 0.6) is 0 Å². The van der Waals surface area contributed by atoms with Crippen molar-refractivity contribution in [1.29, 1.82) is 0 Å². The maximum absolute atomic E-state index is 12.4. The highest BCUT2D eigenvalue weighted by atomic mass is 79.9. The zero-order valence-corrected chi connectivity index (χ0v) is 14.2.